The van der Waals surface area contributed by atoms with Gasteiger partial charge in [0.05, 0.1) is 5.56 Å². The minimum absolute atomic E-state index is 0. The van der Waals surface area contributed by atoms with E-state index in [1.807, 2.05) is 4.72 Å². The average Bonchev–Trinajstić information content (AvgIpc) is 2.40. The first kappa shape index (κ1) is 14.7. The summed E-state index contributed by atoms with van der Waals surface area (Å²) in [5, 5.41) is 0. The van der Waals surface area contributed by atoms with Crippen LogP contribution in [0.15, 0.2) is 29.2 Å². The second kappa shape index (κ2) is 5.71. The van der Waals surface area contributed by atoms with E-state index in [4.69, 9.17) is 7.67 Å². The van der Waals surface area contributed by atoms with Crippen LogP contribution in [0.5, 0.6) is 0 Å². The molecule has 1 heterocycles. The molecule has 1 aromatic carbocycles. The first-order chi connectivity index (χ1) is 7.03. The molecular weight excluding hydrogens is 305 g/mol. The van der Waals surface area contributed by atoms with E-state index in [0.29, 0.717) is 0 Å². The number of sulfonamides is 1. The molecule has 0 radical (unpaired) electrons. The van der Waals surface area contributed by atoms with Crippen molar-refractivity contribution in [2.75, 3.05) is 0 Å². The van der Waals surface area contributed by atoms with Crippen LogP contribution in [0.2, 0.25) is 0 Å². The summed E-state index contributed by atoms with van der Waals surface area (Å²) in [4.78, 5) is 11.1. The van der Waals surface area contributed by atoms with Crippen LogP contribution in [0.3, 0.4) is 0 Å². The number of benzene rings is 1. The molecule has 0 fully saturated rings. The molecule has 9 heteroatoms. The van der Waals surface area contributed by atoms with Crippen molar-refractivity contribution in [1.29, 1.82) is 0 Å². The van der Waals surface area contributed by atoms with Crippen LogP contribution in [0, 0.1) is 0 Å². The first-order valence-corrected chi connectivity index (χ1v) is 6.49. The molecular formula is C7H7NO6SSe. The molecule has 88 valence electrons. The van der Waals surface area contributed by atoms with E-state index in [1.54, 1.807) is 12.1 Å². The zero-order chi connectivity index (χ0) is 11.5. The van der Waals surface area contributed by atoms with Crippen LogP contribution >= 0.6 is 0 Å². The summed E-state index contributed by atoms with van der Waals surface area (Å²) in [6.45, 7) is 0. The average molecular weight is 312 g/mol. The molecule has 0 bridgehead atoms. The van der Waals surface area contributed by atoms with Crippen molar-refractivity contribution < 1.29 is 26.4 Å². The van der Waals surface area contributed by atoms with Crippen LogP contribution < -0.4 is 4.72 Å². The number of rotatable bonds is 0. The number of hydrogen-bond acceptors (Lipinski definition) is 5. The first-order valence-electron chi connectivity index (χ1n) is 3.61. The summed E-state index contributed by atoms with van der Waals surface area (Å²) in [6.07, 6.45) is 0. The van der Waals surface area contributed by atoms with Gasteiger partial charge in [-0.15, -0.1) is 0 Å². The zero-order valence-corrected chi connectivity index (χ0v) is 10.2. The Hall–Kier alpha value is -1.28. The molecule has 1 amide bonds. The predicted octanol–water partition coefficient (Wildman–Crippen LogP) is -1.32. The Labute approximate surface area is 96.8 Å². The van der Waals surface area contributed by atoms with Crippen LogP contribution in [0.1, 0.15) is 10.4 Å². The second-order valence-electron chi connectivity index (χ2n) is 2.50. The molecule has 0 aromatic heterocycles. The number of carbonyl (C=O) groups is 1. The summed E-state index contributed by atoms with van der Waals surface area (Å²) in [7, 11) is -3.55. The SMILES string of the molecule is O.O=C1NS(=O)(=O)c2ccccc21.O=[Se]=O. The number of carbonyl (C=O) groups excluding carboxylic acids is 1. The van der Waals surface area contributed by atoms with E-state index in [9.17, 15) is 13.2 Å². The Morgan fingerprint density at radius 3 is 2.12 bits per heavy atom. The van der Waals surface area contributed by atoms with Gasteiger partial charge in [0, 0.05) is 0 Å². The molecule has 0 atom stereocenters. The van der Waals surface area contributed by atoms with E-state index >= 15 is 0 Å². The summed E-state index contributed by atoms with van der Waals surface area (Å²) in [5.74, 6) is -0.550. The summed E-state index contributed by atoms with van der Waals surface area (Å²) in [6, 6.07) is 6.09. The Kier molecular flexibility index (Phi) is 5.25. The van der Waals surface area contributed by atoms with Crippen molar-refractivity contribution in [3.05, 3.63) is 29.8 Å². The van der Waals surface area contributed by atoms with E-state index in [1.165, 1.54) is 12.1 Å². The number of nitrogens with one attached hydrogen (secondary N) is 1. The van der Waals surface area contributed by atoms with Gasteiger partial charge in [-0.25, -0.2) is 13.1 Å². The molecule has 0 saturated heterocycles. The third-order valence-corrected chi connectivity index (χ3v) is 3.04. The van der Waals surface area contributed by atoms with Gasteiger partial charge in [-0.05, 0) is 12.1 Å². The van der Waals surface area contributed by atoms with Gasteiger partial charge in [0.1, 0.15) is 4.90 Å². The predicted molar refractivity (Wildman–Crippen MR) is 51.8 cm³/mol. The number of fused-ring (bicyclic) bond motifs is 1. The fourth-order valence-corrected chi connectivity index (χ4v) is 2.29. The molecule has 7 nitrogen and oxygen atoms in total. The Balaban J connectivity index is 0.000000511. The van der Waals surface area contributed by atoms with Crippen LogP contribution in [-0.2, 0) is 17.7 Å². The van der Waals surface area contributed by atoms with Gasteiger partial charge in [-0.3, -0.25) is 4.79 Å². The van der Waals surface area contributed by atoms with Gasteiger partial charge < -0.3 is 5.48 Å². The van der Waals surface area contributed by atoms with E-state index < -0.39 is 30.8 Å². The van der Waals surface area contributed by atoms with Gasteiger partial charge in [0.2, 0.25) is 0 Å². The molecule has 0 saturated carbocycles. The third-order valence-electron chi connectivity index (χ3n) is 1.65. The fourth-order valence-electron chi connectivity index (χ4n) is 1.12. The molecule has 2 rings (SSSR count). The van der Waals surface area contributed by atoms with E-state index in [-0.39, 0.29) is 15.9 Å². The maximum atomic E-state index is 11.1. The Morgan fingerprint density at radius 2 is 1.62 bits per heavy atom. The van der Waals surface area contributed by atoms with Crippen LogP contribution in [-0.4, -0.2) is 34.6 Å². The fraction of sp³-hybridized carbons (Fsp3) is 0. The zero-order valence-electron chi connectivity index (χ0n) is 7.67. The van der Waals surface area contributed by atoms with Gasteiger partial charge >= 0.3 is 22.5 Å². The third kappa shape index (κ3) is 2.86. The summed E-state index contributed by atoms with van der Waals surface area (Å²) >= 11 is -1.62. The second-order valence-corrected chi connectivity index (χ2v) is 4.44. The molecule has 0 spiro atoms. The molecule has 1 aliphatic rings. The van der Waals surface area contributed by atoms with Gasteiger partial charge in [-0.1, -0.05) is 12.1 Å². The number of hydrogen-bond donors (Lipinski definition) is 1. The number of amides is 1. The van der Waals surface area contributed by atoms with Crippen molar-refractivity contribution in [1.82, 2.24) is 4.72 Å². The monoisotopic (exact) mass is 313 g/mol. The molecule has 1 aliphatic heterocycles. The van der Waals surface area contributed by atoms with E-state index in [2.05, 4.69) is 0 Å². The summed E-state index contributed by atoms with van der Waals surface area (Å²) in [5.41, 5.74) is 0.220. The van der Waals surface area contributed by atoms with Gasteiger partial charge in [0.25, 0.3) is 15.9 Å². The quantitative estimate of drug-likeness (QED) is 0.594. The molecule has 0 aliphatic carbocycles. The molecule has 0 unspecified atom stereocenters. The summed E-state index contributed by atoms with van der Waals surface area (Å²) < 4.78 is 41.0. The van der Waals surface area contributed by atoms with Crippen molar-refractivity contribution in [2.45, 2.75) is 4.90 Å². The maximum absolute atomic E-state index is 11.1. The van der Waals surface area contributed by atoms with Crippen molar-refractivity contribution in [2.24, 2.45) is 0 Å². The van der Waals surface area contributed by atoms with Crippen molar-refractivity contribution in [3.63, 3.8) is 0 Å². The van der Waals surface area contributed by atoms with Crippen molar-refractivity contribution >= 4 is 30.8 Å². The molecule has 3 N–H and O–H groups in total. The van der Waals surface area contributed by atoms with Crippen LogP contribution in [0.25, 0.3) is 0 Å². The standard InChI is InChI=1S/C7H5NO3S.O2Se.H2O/c9-7-5-3-1-2-4-6(5)12(10,11)8-7;1-3-2;/h1-4H,(H,8,9);;1H2. The Morgan fingerprint density at radius 1 is 1.12 bits per heavy atom. The van der Waals surface area contributed by atoms with Gasteiger partial charge in [0.15, 0.2) is 0 Å². The van der Waals surface area contributed by atoms with E-state index in [0.717, 1.165) is 0 Å². The minimum atomic E-state index is -3.55. The van der Waals surface area contributed by atoms with Crippen molar-refractivity contribution in [3.8, 4) is 0 Å². The molecule has 1 aromatic rings. The molecule has 16 heavy (non-hydrogen) atoms. The van der Waals surface area contributed by atoms with Crippen LogP contribution in [0.4, 0.5) is 0 Å². The topological polar surface area (TPSA) is 129 Å². The Bertz CT molecular complexity index is 534. The van der Waals surface area contributed by atoms with Gasteiger partial charge in [-0.2, -0.15) is 0 Å². The normalized spacial score (nSPS) is 14.6.